The minimum absolute atomic E-state index is 0.0666. The van der Waals surface area contributed by atoms with Crippen molar-refractivity contribution in [3.8, 4) is 0 Å². The molecule has 20 heavy (non-hydrogen) atoms. The first-order chi connectivity index (χ1) is 9.74. The van der Waals surface area contributed by atoms with Crippen molar-refractivity contribution in [2.24, 2.45) is 0 Å². The molecule has 1 amide bonds. The molecule has 1 N–H and O–H groups in total. The van der Waals surface area contributed by atoms with Crippen LogP contribution in [0.15, 0.2) is 30.3 Å². The van der Waals surface area contributed by atoms with Crippen LogP contribution in [0.1, 0.15) is 39.3 Å². The van der Waals surface area contributed by atoms with Crippen LogP contribution in [0.3, 0.4) is 0 Å². The predicted octanol–water partition coefficient (Wildman–Crippen LogP) is 3.56. The van der Waals surface area contributed by atoms with Crippen molar-refractivity contribution >= 4 is 22.9 Å². The molecule has 1 unspecified atom stereocenters. The van der Waals surface area contributed by atoms with Crippen molar-refractivity contribution < 1.29 is 9.53 Å². The van der Waals surface area contributed by atoms with Gasteiger partial charge in [0, 0.05) is 12.3 Å². The van der Waals surface area contributed by atoms with Crippen molar-refractivity contribution in [2.45, 2.75) is 25.9 Å². The maximum absolute atomic E-state index is 12.3. The molecule has 1 aliphatic rings. The zero-order chi connectivity index (χ0) is 13.9. The van der Waals surface area contributed by atoms with Gasteiger partial charge in [0.2, 0.25) is 0 Å². The molecular weight excluding hydrogens is 272 g/mol. The maximum Gasteiger partial charge on any atom is 0.267 e. The van der Waals surface area contributed by atoms with Gasteiger partial charge in [-0.05, 0) is 31.9 Å². The molecule has 2 aromatic rings. The van der Waals surface area contributed by atoms with Gasteiger partial charge in [0.1, 0.15) is 16.0 Å². The number of hydrogen-bond donors (Lipinski definition) is 1. The van der Waals surface area contributed by atoms with E-state index in [0.29, 0.717) is 4.88 Å². The van der Waals surface area contributed by atoms with E-state index in [1.54, 1.807) is 0 Å². The van der Waals surface area contributed by atoms with Gasteiger partial charge in [0.15, 0.2) is 0 Å². The number of rotatable bonds is 3. The normalized spacial score (nSPS) is 18.1. The van der Waals surface area contributed by atoms with Crippen LogP contribution in [0.5, 0.6) is 0 Å². The molecule has 2 heterocycles. The number of hydrogen-bond acceptors (Lipinski definition) is 4. The summed E-state index contributed by atoms with van der Waals surface area (Å²) >= 11 is 1.44. The molecule has 0 bridgehead atoms. The van der Waals surface area contributed by atoms with E-state index in [-0.39, 0.29) is 12.0 Å². The van der Waals surface area contributed by atoms with E-state index >= 15 is 0 Å². The van der Waals surface area contributed by atoms with Gasteiger partial charge in [0.25, 0.3) is 5.91 Å². The van der Waals surface area contributed by atoms with Gasteiger partial charge in [-0.25, -0.2) is 4.98 Å². The molecule has 0 spiro atoms. The number of amides is 1. The van der Waals surface area contributed by atoms with E-state index in [1.165, 1.54) is 11.3 Å². The standard InChI is InChI=1S/C15H16N2O2S/c1-10-13(14(18)17-11-6-3-2-4-7-11)20-15(16-10)12-8-5-9-19-12/h2-4,6-7,12H,5,8-9H2,1H3,(H,17,18). The highest BCUT2D eigenvalue weighted by Crippen LogP contribution is 2.33. The first-order valence-corrected chi connectivity index (χ1v) is 7.51. The van der Waals surface area contributed by atoms with Gasteiger partial charge in [0.05, 0.1) is 5.69 Å². The lowest BCUT2D eigenvalue weighted by Crippen LogP contribution is -2.11. The molecule has 4 nitrogen and oxygen atoms in total. The Bertz CT molecular complexity index is 604. The van der Waals surface area contributed by atoms with Crippen molar-refractivity contribution in [3.05, 3.63) is 45.9 Å². The molecule has 1 aliphatic heterocycles. The summed E-state index contributed by atoms with van der Waals surface area (Å²) in [5, 5.41) is 3.81. The number of benzene rings is 1. The quantitative estimate of drug-likeness (QED) is 0.939. The molecule has 0 aliphatic carbocycles. The zero-order valence-electron chi connectivity index (χ0n) is 11.3. The summed E-state index contributed by atoms with van der Waals surface area (Å²) in [7, 11) is 0. The second-order valence-corrected chi connectivity index (χ2v) is 5.82. The van der Waals surface area contributed by atoms with Gasteiger partial charge in [-0.15, -0.1) is 11.3 Å². The second-order valence-electron chi connectivity index (χ2n) is 4.79. The van der Waals surface area contributed by atoms with Crippen molar-refractivity contribution in [3.63, 3.8) is 0 Å². The number of nitrogens with one attached hydrogen (secondary N) is 1. The average Bonchev–Trinajstić information content (AvgIpc) is 3.08. The Morgan fingerprint density at radius 3 is 2.90 bits per heavy atom. The Labute approximate surface area is 121 Å². The maximum atomic E-state index is 12.3. The summed E-state index contributed by atoms with van der Waals surface area (Å²) in [4.78, 5) is 17.4. The highest BCUT2D eigenvalue weighted by atomic mass is 32.1. The van der Waals surface area contributed by atoms with Crippen molar-refractivity contribution in [1.82, 2.24) is 4.98 Å². The Kier molecular flexibility index (Phi) is 3.80. The molecule has 1 aromatic heterocycles. The van der Waals surface area contributed by atoms with Crippen LogP contribution in [0.4, 0.5) is 5.69 Å². The number of aromatic nitrogens is 1. The van der Waals surface area contributed by atoms with E-state index in [9.17, 15) is 4.79 Å². The van der Waals surface area contributed by atoms with Gasteiger partial charge < -0.3 is 10.1 Å². The van der Waals surface area contributed by atoms with E-state index in [2.05, 4.69) is 10.3 Å². The van der Waals surface area contributed by atoms with Crippen LogP contribution in [0.25, 0.3) is 0 Å². The second kappa shape index (κ2) is 5.73. The molecule has 0 radical (unpaired) electrons. The molecule has 1 atom stereocenters. The number of carbonyl (C=O) groups excluding carboxylic acids is 1. The Morgan fingerprint density at radius 2 is 2.20 bits per heavy atom. The van der Waals surface area contributed by atoms with Gasteiger partial charge >= 0.3 is 0 Å². The molecule has 3 rings (SSSR count). The summed E-state index contributed by atoms with van der Waals surface area (Å²) in [6, 6.07) is 9.45. The smallest absolute Gasteiger partial charge is 0.267 e. The highest BCUT2D eigenvalue weighted by Gasteiger charge is 2.24. The summed E-state index contributed by atoms with van der Waals surface area (Å²) in [5.74, 6) is -0.101. The fourth-order valence-electron chi connectivity index (χ4n) is 2.25. The summed E-state index contributed by atoms with van der Waals surface area (Å²) in [6.07, 6.45) is 2.12. The molecule has 1 fully saturated rings. The fourth-order valence-corrected chi connectivity index (χ4v) is 3.29. The van der Waals surface area contributed by atoms with Crippen LogP contribution in [0, 0.1) is 6.92 Å². The largest absolute Gasteiger partial charge is 0.371 e. The number of ether oxygens (including phenoxy) is 1. The lowest BCUT2D eigenvalue weighted by atomic mass is 10.2. The summed E-state index contributed by atoms with van der Waals surface area (Å²) in [5.41, 5.74) is 1.57. The first-order valence-electron chi connectivity index (χ1n) is 6.69. The van der Waals surface area contributed by atoms with Crippen LogP contribution in [-0.4, -0.2) is 17.5 Å². The molecule has 1 saturated heterocycles. The lowest BCUT2D eigenvalue weighted by Gasteiger charge is -2.04. The number of thiazole rings is 1. The van der Waals surface area contributed by atoms with Crippen molar-refractivity contribution in [2.75, 3.05) is 11.9 Å². The molecule has 104 valence electrons. The first kappa shape index (κ1) is 13.3. The third-order valence-electron chi connectivity index (χ3n) is 3.26. The highest BCUT2D eigenvalue weighted by molar-refractivity contribution is 7.14. The topological polar surface area (TPSA) is 51.2 Å². The van der Waals surface area contributed by atoms with Crippen LogP contribution >= 0.6 is 11.3 Å². The van der Waals surface area contributed by atoms with Crippen LogP contribution in [0.2, 0.25) is 0 Å². The number of para-hydroxylation sites is 1. The number of anilines is 1. The number of carbonyl (C=O) groups is 1. The minimum Gasteiger partial charge on any atom is -0.371 e. The van der Waals surface area contributed by atoms with Gasteiger partial charge in [-0.1, -0.05) is 18.2 Å². The average molecular weight is 288 g/mol. The lowest BCUT2D eigenvalue weighted by molar-refractivity contribution is 0.102. The van der Waals surface area contributed by atoms with E-state index in [1.807, 2.05) is 37.3 Å². The summed E-state index contributed by atoms with van der Waals surface area (Å²) < 4.78 is 5.62. The third kappa shape index (κ3) is 2.73. The Morgan fingerprint density at radius 1 is 1.40 bits per heavy atom. The predicted molar refractivity (Wildman–Crippen MR) is 79.2 cm³/mol. The van der Waals surface area contributed by atoms with Gasteiger partial charge in [-0.3, -0.25) is 4.79 Å². The monoisotopic (exact) mass is 288 g/mol. The van der Waals surface area contributed by atoms with E-state index in [4.69, 9.17) is 4.74 Å². The Hall–Kier alpha value is -1.72. The third-order valence-corrected chi connectivity index (χ3v) is 4.50. The van der Waals surface area contributed by atoms with Crippen LogP contribution in [-0.2, 0) is 4.74 Å². The SMILES string of the molecule is Cc1nc(C2CCCO2)sc1C(=O)Nc1ccccc1. The zero-order valence-corrected chi connectivity index (χ0v) is 12.1. The molecular formula is C15H16N2O2S. The van der Waals surface area contributed by atoms with E-state index in [0.717, 1.165) is 35.8 Å². The van der Waals surface area contributed by atoms with E-state index < -0.39 is 0 Å². The van der Waals surface area contributed by atoms with Gasteiger partial charge in [-0.2, -0.15) is 0 Å². The van der Waals surface area contributed by atoms with Crippen LogP contribution < -0.4 is 5.32 Å². The number of aryl methyl sites for hydroxylation is 1. The number of nitrogens with zero attached hydrogens (tertiary/aromatic N) is 1. The van der Waals surface area contributed by atoms with Crippen molar-refractivity contribution in [1.29, 1.82) is 0 Å². The molecule has 1 aromatic carbocycles. The fraction of sp³-hybridized carbons (Fsp3) is 0.333. The Balaban J connectivity index is 1.77. The summed E-state index contributed by atoms with van der Waals surface area (Å²) in [6.45, 7) is 2.66. The molecule has 0 saturated carbocycles. The minimum atomic E-state index is -0.101. The molecule has 5 heteroatoms.